The Morgan fingerprint density at radius 1 is 1.08 bits per heavy atom. The largest absolute Gasteiger partial charge is 0.325 e. The summed E-state index contributed by atoms with van der Waals surface area (Å²) < 4.78 is 0.910. The average Bonchev–Trinajstić information content (AvgIpc) is 3.29. The van der Waals surface area contributed by atoms with Crippen LogP contribution in [0.4, 0.5) is 5.69 Å². The summed E-state index contributed by atoms with van der Waals surface area (Å²) >= 11 is 3.08. The van der Waals surface area contributed by atoms with Crippen LogP contribution in [0.1, 0.15) is 18.4 Å². The van der Waals surface area contributed by atoms with Crippen molar-refractivity contribution in [3.63, 3.8) is 0 Å². The number of rotatable bonds is 5. The highest BCUT2D eigenvalue weighted by Crippen LogP contribution is 2.48. The molecule has 0 atom stereocenters. The average molecular weight is 353 g/mol. The van der Waals surface area contributed by atoms with Crippen molar-refractivity contribution in [2.75, 3.05) is 5.32 Å². The topological polar surface area (TPSA) is 54.9 Å². The van der Waals surface area contributed by atoms with Crippen LogP contribution in [-0.2, 0) is 10.2 Å². The molecule has 1 aliphatic carbocycles. The Morgan fingerprint density at radius 2 is 1.83 bits per heavy atom. The molecule has 2 aromatic carbocycles. The molecule has 1 aliphatic rings. The SMILES string of the molecule is O=C(Nc1ccc(Sc2nncs2)cc1)C1(c2ccccc2)CC1. The third kappa shape index (κ3) is 3.07. The summed E-state index contributed by atoms with van der Waals surface area (Å²) in [5.41, 5.74) is 3.30. The summed E-state index contributed by atoms with van der Waals surface area (Å²) in [6, 6.07) is 17.9. The van der Waals surface area contributed by atoms with Crippen LogP contribution in [0.3, 0.4) is 0 Å². The number of aromatic nitrogens is 2. The number of nitrogens with zero attached hydrogens (tertiary/aromatic N) is 2. The fourth-order valence-electron chi connectivity index (χ4n) is 2.69. The summed E-state index contributed by atoms with van der Waals surface area (Å²) in [5.74, 6) is 0.0817. The minimum atomic E-state index is -0.346. The molecule has 6 heteroatoms. The van der Waals surface area contributed by atoms with E-state index in [0.717, 1.165) is 33.3 Å². The van der Waals surface area contributed by atoms with E-state index in [9.17, 15) is 4.79 Å². The van der Waals surface area contributed by atoms with Crippen molar-refractivity contribution >= 4 is 34.7 Å². The summed E-state index contributed by atoms with van der Waals surface area (Å²) in [5, 5.41) is 10.9. The van der Waals surface area contributed by atoms with E-state index in [1.807, 2.05) is 54.6 Å². The fraction of sp³-hybridized carbons (Fsp3) is 0.167. The zero-order valence-corrected chi connectivity index (χ0v) is 14.4. The second kappa shape index (κ2) is 6.37. The van der Waals surface area contributed by atoms with E-state index >= 15 is 0 Å². The number of benzene rings is 2. The lowest BCUT2D eigenvalue weighted by atomic mass is 9.95. The molecule has 120 valence electrons. The second-order valence-corrected chi connectivity index (χ2v) is 7.89. The number of carbonyl (C=O) groups excluding carboxylic acids is 1. The molecule has 0 spiro atoms. The van der Waals surface area contributed by atoms with E-state index in [1.54, 1.807) is 17.3 Å². The molecule has 0 unspecified atom stereocenters. The highest BCUT2D eigenvalue weighted by Gasteiger charge is 2.51. The molecule has 0 aliphatic heterocycles. The zero-order valence-electron chi connectivity index (χ0n) is 12.8. The minimum absolute atomic E-state index is 0.0817. The van der Waals surface area contributed by atoms with Gasteiger partial charge in [-0.05, 0) is 42.7 Å². The Bertz CT molecular complexity index is 828. The zero-order chi connectivity index (χ0) is 16.4. The Hall–Kier alpha value is -2.18. The maximum Gasteiger partial charge on any atom is 0.235 e. The maximum absolute atomic E-state index is 12.7. The van der Waals surface area contributed by atoms with Gasteiger partial charge in [0.2, 0.25) is 5.91 Å². The summed E-state index contributed by atoms with van der Waals surface area (Å²) in [6.45, 7) is 0. The van der Waals surface area contributed by atoms with Gasteiger partial charge in [-0.25, -0.2) is 0 Å². The summed E-state index contributed by atoms with van der Waals surface area (Å²) in [4.78, 5) is 13.8. The van der Waals surface area contributed by atoms with Crippen molar-refractivity contribution in [3.05, 3.63) is 65.7 Å². The van der Waals surface area contributed by atoms with Gasteiger partial charge in [0.15, 0.2) is 4.34 Å². The summed E-state index contributed by atoms with van der Waals surface area (Å²) in [7, 11) is 0. The highest BCUT2D eigenvalue weighted by molar-refractivity contribution is 8.01. The molecule has 0 bridgehead atoms. The van der Waals surface area contributed by atoms with Crippen LogP contribution < -0.4 is 5.32 Å². The van der Waals surface area contributed by atoms with E-state index < -0.39 is 0 Å². The van der Waals surface area contributed by atoms with Crippen molar-refractivity contribution in [2.45, 2.75) is 27.5 Å². The molecule has 24 heavy (non-hydrogen) atoms. The van der Waals surface area contributed by atoms with E-state index in [-0.39, 0.29) is 11.3 Å². The molecule has 1 N–H and O–H groups in total. The van der Waals surface area contributed by atoms with Crippen LogP contribution in [0, 0.1) is 0 Å². The first-order valence-corrected chi connectivity index (χ1v) is 9.37. The number of hydrogen-bond donors (Lipinski definition) is 1. The molecule has 1 fully saturated rings. The van der Waals surface area contributed by atoms with Crippen molar-refractivity contribution in [2.24, 2.45) is 0 Å². The van der Waals surface area contributed by atoms with Crippen molar-refractivity contribution in [1.29, 1.82) is 0 Å². The van der Waals surface area contributed by atoms with Gasteiger partial charge in [0.25, 0.3) is 0 Å². The molecule has 1 heterocycles. The Balaban J connectivity index is 1.45. The van der Waals surface area contributed by atoms with Gasteiger partial charge < -0.3 is 5.32 Å². The smallest absolute Gasteiger partial charge is 0.235 e. The number of amides is 1. The van der Waals surface area contributed by atoms with Crippen LogP contribution in [-0.4, -0.2) is 16.1 Å². The molecular formula is C18H15N3OS2. The third-order valence-electron chi connectivity index (χ3n) is 4.17. The minimum Gasteiger partial charge on any atom is -0.325 e. The van der Waals surface area contributed by atoms with Crippen LogP contribution in [0.25, 0.3) is 0 Å². The number of nitrogens with one attached hydrogen (secondary N) is 1. The Labute approximate surface area is 148 Å². The Kier molecular flexibility index (Phi) is 4.08. The van der Waals surface area contributed by atoms with Gasteiger partial charge in [-0.2, -0.15) is 0 Å². The van der Waals surface area contributed by atoms with Crippen LogP contribution in [0.2, 0.25) is 0 Å². The van der Waals surface area contributed by atoms with E-state index in [1.165, 1.54) is 11.3 Å². The summed E-state index contributed by atoms with van der Waals surface area (Å²) in [6.07, 6.45) is 1.82. The highest BCUT2D eigenvalue weighted by atomic mass is 32.2. The van der Waals surface area contributed by atoms with Crippen LogP contribution in [0.5, 0.6) is 0 Å². The van der Waals surface area contributed by atoms with Crippen LogP contribution in [0.15, 0.2) is 69.3 Å². The molecular weight excluding hydrogens is 338 g/mol. The van der Waals surface area contributed by atoms with Crippen molar-refractivity contribution in [1.82, 2.24) is 10.2 Å². The normalized spacial score (nSPS) is 15.0. The number of anilines is 1. The molecule has 1 aromatic heterocycles. The van der Waals surface area contributed by atoms with Crippen molar-refractivity contribution < 1.29 is 4.79 Å². The number of hydrogen-bond acceptors (Lipinski definition) is 5. The predicted octanol–water partition coefficient (Wildman–Crippen LogP) is 4.36. The van der Waals surface area contributed by atoms with Gasteiger partial charge in [-0.3, -0.25) is 4.79 Å². The molecule has 1 saturated carbocycles. The predicted molar refractivity (Wildman–Crippen MR) is 96.5 cm³/mol. The van der Waals surface area contributed by atoms with Gasteiger partial charge in [-0.1, -0.05) is 53.4 Å². The maximum atomic E-state index is 12.7. The van der Waals surface area contributed by atoms with Gasteiger partial charge in [0.1, 0.15) is 5.51 Å². The van der Waals surface area contributed by atoms with Gasteiger partial charge >= 0.3 is 0 Å². The van der Waals surface area contributed by atoms with E-state index in [2.05, 4.69) is 15.5 Å². The third-order valence-corrected chi connectivity index (χ3v) is 5.95. The first-order chi connectivity index (χ1) is 11.8. The standard InChI is InChI=1S/C18H15N3OS2/c22-16(18(10-11-18)13-4-2-1-3-5-13)20-14-6-8-15(9-7-14)24-17-21-19-12-23-17/h1-9,12H,10-11H2,(H,20,22). The quantitative estimate of drug-likeness (QED) is 0.740. The molecule has 3 aromatic rings. The lowest BCUT2D eigenvalue weighted by Crippen LogP contribution is -2.27. The molecule has 4 rings (SSSR count). The lowest BCUT2D eigenvalue weighted by molar-refractivity contribution is -0.118. The lowest BCUT2D eigenvalue weighted by Gasteiger charge is -2.16. The van der Waals surface area contributed by atoms with E-state index in [0.29, 0.717) is 0 Å². The first-order valence-electron chi connectivity index (χ1n) is 7.67. The first kappa shape index (κ1) is 15.4. The van der Waals surface area contributed by atoms with Gasteiger partial charge in [0, 0.05) is 10.6 Å². The van der Waals surface area contributed by atoms with Gasteiger partial charge in [0.05, 0.1) is 5.41 Å². The second-order valence-electron chi connectivity index (χ2n) is 5.73. The fourth-order valence-corrected chi connectivity index (χ4v) is 4.15. The van der Waals surface area contributed by atoms with Crippen molar-refractivity contribution in [3.8, 4) is 0 Å². The van der Waals surface area contributed by atoms with Gasteiger partial charge in [-0.15, -0.1) is 10.2 Å². The molecule has 4 nitrogen and oxygen atoms in total. The Morgan fingerprint density at radius 3 is 2.46 bits per heavy atom. The number of carbonyl (C=O) groups is 1. The monoisotopic (exact) mass is 353 g/mol. The molecule has 1 amide bonds. The molecule has 0 radical (unpaired) electrons. The molecule has 0 saturated heterocycles. The van der Waals surface area contributed by atoms with Crippen LogP contribution >= 0.6 is 23.1 Å². The van der Waals surface area contributed by atoms with E-state index in [4.69, 9.17) is 0 Å².